The summed E-state index contributed by atoms with van der Waals surface area (Å²) in [5.74, 6) is 1.63. The van der Waals surface area contributed by atoms with Crippen LogP contribution in [0.4, 0.5) is 0 Å². The number of carbonyl (C=O) groups is 1. The van der Waals surface area contributed by atoms with Gasteiger partial charge in [0.25, 0.3) is 0 Å². The number of rotatable bonds is 5. The molecule has 1 amide bonds. The molecule has 1 saturated heterocycles. The van der Waals surface area contributed by atoms with Gasteiger partial charge < -0.3 is 14.6 Å². The second-order valence-corrected chi connectivity index (χ2v) is 7.63. The number of likely N-dealkylation sites (tertiary alicyclic amines) is 1. The van der Waals surface area contributed by atoms with E-state index in [-0.39, 0.29) is 17.6 Å². The van der Waals surface area contributed by atoms with Gasteiger partial charge in [-0.25, -0.2) is 9.97 Å². The van der Waals surface area contributed by atoms with Crippen molar-refractivity contribution < 1.29 is 9.90 Å². The predicted molar refractivity (Wildman–Crippen MR) is 104 cm³/mol. The zero-order valence-corrected chi connectivity index (χ0v) is 15.8. The van der Waals surface area contributed by atoms with Gasteiger partial charge in [-0.3, -0.25) is 4.79 Å². The van der Waals surface area contributed by atoms with Crippen LogP contribution in [-0.2, 0) is 17.8 Å². The molecule has 1 aliphatic heterocycles. The first kappa shape index (κ1) is 17.7. The molecule has 3 heterocycles. The fourth-order valence-corrected chi connectivity index (χ4v) is 4.17. The normalized spacial score (nSPS) is 17.2. The number of amides is 1. The third-order valence-electron chi connectivity index (χ3n) is 4.99. The lowest BCUT2D eigenvalue weighted by molar-refractivity contribution is -0.131. The average molecular weight is 382 g/mol. The van der Waals surface area contributed by atoms with E-state index < -0.39 is 0 Å². The van der Waals surface area contributed by atoms with Gasteiger partial charge in [-0.2, -0.15) is 0 Å². The zero-order valence-electron chi connectivity index (χ0n) is 15.0. The number of hydrogen-bond donors (Lipinski definition) is 1. The lowest BCUT2D eigenvalue weighted by Crippen LogP contribution is -2.40. The van der Waals surface area contributed by atoms with Crippen LogP contribution < -0.4 is 0 Å². The molecule has 4 rings (SSSR count). The number of phenols is 1. The molecule has 2 aromatic heterocycles. The number of benzene rings is 1. The van der Waals surface area contributed by atoms with Gasteiger partial charge >= 0.3 is 0 Å². The van der Waals surface area contributed by atoms with Crippen LogP contribution in [0.2, 0.25) is 0 Å². The number of hydrogen-bond acceptors (Lipinski definition) is 5. The molecular formula is C20H22N4O2S. The number of phenolic OH excluding ortho intramolecular Hbond substituents is 1. The highest BCUT2D eigenvalue weighted by atomic mass is 32.1. The molecule has 1 aromatic carbocycles. The number of thiazole rings is 1. The Balaban J connectivity index is 1.43. The van der Waals surface area contributed by atoms with Crippen LogP contribution in [-0.4, -0.2) is 43.5 Å². The van der Waals surface area contributed by atoms with Crippen molar-refractivity contribution in [2.75, 3.05) is 13.1 Å². The van der Waals surface area contributed by atoms with Crippen molar-refractivity contribution in [3.05, 3.63) is 64.6 Å². The standard InChI is InChI=1S/C20H22N4O2S/c25-18-5-3-15(4-6-18)10-19(26)23-8-1-2-16(11-23)20-21-7-9-24(20)12-17-13-27-14-22-17/h3-7,9,13-14,16,25H,1-2,8,10-12H2/t16-/m1/s1. The van der Waals surface area contributed by atoms with Crippen LogP contribution in [0.5, 0.6) is 5.75 Å². The maximum Gasteiger partial charge on any atom is 0.227 e. The lowest BCUT2D eigenvalue weighted by Gasteiger charge is -2.32. The van der Waals surface area contributed by atoms with E-state index in [4.69, 9.17) is 0 Å². The molecular weight excluding hydrogens is 360 g/mol. The molecule has 140 valence electrons. The highest BCUT2D eigenvalue weighted by Crippen LogP contribution is 2.27. The maximum atomic E-state index is 12.7. The minimum Gasteiger partial charge on any atom is -0.508 e. The number of piperidine rings is 1. The predicted octanol–water partition coefficient (Wildman–Crippen LogP) is 3.04. The minimum absolute atomic E-state index is 0.128. The van der Waals surface area contributed by atoms with Crippen molar-refractivity contribution in [3.63, 3.8) is 0 Å². The summed E-state index contributed by atoms with van der Waals surface area (Å²) in [6, 6.07) is 6.85. The smallest absolute Gasteiger partial charge is 0.227 e. The van der Waals surface area contributed by atoms with Crippen molar-refractivity contribution in [2.24, 2.45) is 0 Å². The van der Waals surface area contributed by atoms with Gasteiger partial charge in [0.1, 0.15) is 11.6 Å². The highest BCUT2D eigenvalue weighted by molar-refractivity contribution is 7.07. The molecule has 7 heteroatoms. The molecule has 6 nitrogen and oxygen atoms in total. The van der Waals surface area contributed by atoms with Crippen molar-refractivity contribution in [2.45, 2.75) is 31.7 Å². The van der Waals surface area contributed by atoms with Gasteiger partial charge in [-0.05, 0) is 30.5 Å². The number of nitrogens with zero attached hydrogens (tertiary/aromatic N) is 4. The molecule has 0 aliphatic carbocycles. The van der Waals surface area contributed by atoms with E-state index in [1.165, 1.54) is 0 Å². The largest absolute Gasteiger partial charge is 0.508 e. The lowest BCUT2D eigenvalue weighted by atomic mass is 9.96. The van der Waals surface area contributed by atoms with E-state index >= 15 is 0 Å². The zero-order chi connectivity index (χ0) is 18.6. The Morgan fingerprint density at radius 1 is 1.26 bits per heavy atom. The maximum absolute atomic E-state index is 12.7. The van der Waals surface area contributed by atoms with Crippen LogP contribution in [0.3, 0.4) is 0 Å². The molecule has 0 spiro atoms. The number of carbonyl (C=O) groups excluding carboxylic acids is 1. The minimum atomic E-state index is 0.128. The monoisotopic (exact) mass is 382 g/mol. The molecule has 1 fully saturated rings. The quantitative estimate of drug-likeness (QED) is 0.736. The van der Waals surface area contributed by atoms with E-state index in [9.17, 15) is 9.90 Å². The van der Waals surface area contributed by atoms with Crippen LogP contribution in [0.15, 0.2) is 47.5 Å². The van der Waals surface area contributed by atoms with Crippen molar-refractivity contribution in [1.82, 2.24) is 19.4 Å². The summed E-state index contributed by atoms with van der Waals surface area (Å²) in [7, 11) is 0. The fourth-order valence-electron chi connectivity index (χ4n) is 3.62. The van der Waals surface area contributed by atoms with Crippen molar-refractivity contribution in [3.8, 4) is 5.75 Å². The Morgan fingerprint density at radius 2 is 2.11 bits per heavy atom. The van der Waals surface area contributed by atoms with Gasteiger partial charge in [0.05, 0.1) is 24.2 Å². The Bertz CT molecular complexity index is 889. The molecule has 0 unspecified atom stereocenters. The van der Waals surface area contributed by atoms with Gasteiger partial charge in [0.2, 0.25) is 5.91 Å². The SMILES string of the molecule is O=C(Cc1ccc(O)cc1)N1CCC[C@@H](c2nccn2Cc2cscn2)C1. The van der Waals surface area contributed by atoms with Crippen LogP contribution in [0, 0.1) is 0 Å². The Hall–Kier alpha value is -2.67. The third-order valence-corrected chi connectivity index (χ3v) is 5.63. The first-order chi connectivity index (χ1) is 13.2. The molecule has 0 bridgehead atoms. The van der Waals surface area contributed by atoms with Crippen LogP contribution in [0.1, 0.15) is 35.8 Å². The van der Waals surface area contributed by atoms with Crippen LogP contribution >= 0.6 is 11.3 Å². The highest BCUT2D eigenvalue weighted by Gasteiger charge is 2.27. The van der Waals surface area contributed by atoms with E-state index in [1.807, 2.05) is 22.8 Å². The summed E-state index contributed by atoms with van der Waals surface area (Å²) in [5, 5.41) is 11.4. The van der Waals surface area contributed by atoms with Crippen molar-refractivity contribution >= 4 is 17.2 Å². The number of imidazole rings is 1. The fraction of sp³-hybridized carbons (Fsp3) is 0.350. The molecule has 1 atom stereocenters. The molecule has 0 radical (unpaired) electrons. The van der Waals surface area contributed by atoms with E-state index in [0.29, 0.717) is 13.0 Å². The summed E-state index contributed by atoms with van der Waals surface area (Å²) in [5.41, 5.74) is 3.80. The second kappa shape index (κ2) is 7.92. The molecule has 0 saturated carbocycles. The summed E-state index contributed by atoms with van der Waals surface area (Å²) in [6.45, 7) is 2.21. The Morgan fingerprint density at radius 3 is 2.89 bits per heavy atom. The summed E-state index contributed by atoms with van der Waals surface area (Å²) >= 11 is 1.60. The molecule has 1 N–H and O–H groups in total. The van der Waals surface area contributed by atoms with E-state index in [2.05, 4.69) is 19.9 Å². The number of aromatic nitrogens is 3. The summed E-state index contributed by atoms with van der Waals surface area (Å²) in [4.78, 5) is 23.6. The molecule has 3 aromatic rings. The topological polar surface area (TPSA) is 71.2 Å². The van der Waals surface area contributed by atoms with Crippen LogP contribution in [0.25, 0.3) is 0 Å². The molecule has 1 aliphatic rings. The molecule has 27 heavy (non-hydrogen) atoms. The Kier molecular flexibility index (Phi) is 5.20. The van der Waals surface area contributed by atoms with Gasteiger partial charge in [-0.1, -0.05) is 12.1 Å². The third kappa shape index (κ3) is 4.19. The van der Waals surface area contributed by atoms with Crippen molar-refractivity contribution in [1.29, 1.82) is 0 Å². The van der Waals surface area contributed by atoms with Gasteiger partial charge in [0.15, 0.2) is 0 Å². The summed E-state index contributed by atoms with van der Waals surface area (Å²) in [6.07, 6.45) is 6.21. The van der Waals surface area contributed by atoms with E-state index in [0.717, 1.165) is 43.0 Å². The average Bonchev–Trinajstić information content (AvgIpc) is 3.36. The Labute approximate surface area is 162 Å². The first-order valence-corrected chi connectivity index (χ1v) is 10.1. The first-order valence-electron chi connectivity index (χ1n) is 9.13. The van der Waals surface area contributed by atoms with Gasteiger partial charge in [0, 0.05) is 36.8 Å². The second-order valence-electron chi connectivity index (χ2n) is 6.92. The summed E-state index contributed by atoms with van der Waals surface area (Å²) < 4.78 is 2.15. The number of aromatic hydroxyl groups is 1. The van der Waals surface area contributed by atoms with E-state index in [1.54, 1.807) is 35.6 Å². The van der Waals surface area contributed by atoms with Gasteiger partial charge in [-0.15, -0.1) is 11.3 Å².